The quantitative estimate of drug-likeness (QED) is 0.644. The lowest BCUT2D eigenvalue weighted by Crippen LogP contribution is -2.24. The normalized spacial score (nSPS) is 13.3. The average molecular weight is 398 g/mol. The van der Waals surface area contributed by atoms with E-state index in [0.29, 0.717) is 17.1 Å². The molecule has 0 radical (unpaired) electrons. The Bertz CT molecular complexity index is 1100. The highest BCUT2D eigenvalue weighted by Crippen LogP contribution is 2.33. The molecule has 1 amide bonds. The number of aromatic nitrogens is 2. The van der Waals surface area contributed by atoms with Crippen molar-refractivity contribution in [3.05, 3.63) is 45.3 Å². The predicted molar refractivity (Wildman–Crippen MR) is 111 cm³/mol. The molecule has 8 heteroatoms. The van der Waals surface area contributed by atoms with E-state index in [1.807, 2.05) is 0 Å². The maximum Gasteiger partial charge on any atom is 0.262 e. The van der Waals surface area contributed by atoms with Gasteiger partial charge in [-0.3, -0.25) is 14.2 Å². The summed E-state index contributed by atoms with van der Waals surface area (Å²) in [6.45, 7) is 0.282. The van der Waals surface area contributed by atoms with Crippen molar-refractivity contribution < 1.29 is 9.53 Å². The summed E-state index contributed by atoms with van der Waals surface area (Å²) in [6, 6.07) is 5.08. The van der Waals surface area contributed by atoms with Crippen LogP contribution < -0.4 is 21.3 Å². The molecule has 0 fully saturated rings. The second-order valence-corrected chi connectivity index (χ2v) is 7.97. The number of ether oxygens (including phenoxy) is 1. The maximum absolute atomic E-state index is 12.9. The SMILES string of the molecule is COc1ccc(NC(=O)CCn2cnc3sc4c(c3c2=O)CCCC4)cc1N. The molecule has 1 aliphatic carbocycles. The minimum absolute atomic E-state index is 0.0501. The van der Waals surface area contributed by atoms with E-state index in [2.05, 4.69) is 10.3 Å². The van der Waals surface area contributed by atoms with Crippen LogP contribution in [0.3, 0.4) is 0 Å². The van der Waals surface area contributed by atoms with Gasteiger partial charge in [-0.1, -0.05) is 0 Å². The zero-order valence-corrected chi connectivity index (χ0v) is 16.5. The molecule has 1 aliphatic rings. The van der Waals surface area contributed by atoms with Crippen molar-refractivity contribution in [2.75, 3.05) is 18.2 Å². The number of aryl methyl sites for hydroxylation is 3. The van der Waals surface area contributed by atoms with Crippen molar-refractivity contribution in [1.82, 2.24) is 9.55 Å². The van der Waals surface area contributed by atoms with Crippen LogP contribution >= 0.6 is 11.3 Å². The lowest BCUT2D eigenvalue weighted by molar-refractivity contribution is -0.116. The van der Waals surface area contributed by atoms with Crippen molar-refractivity contribution in [2.45, 2.75) is 38.6 Å². The number of hydrogen-bond donors (Lipinski definition) is 2. The molecule has 0 unspecified atom stereocenters. The Hall–Kier alpha value is -2.87. The van der Waals surface area contributed by atoms with Crippen molar-refractivity contribution in [1.29, 1.82) is 0 Å². The molecule has 0 atom stereocenters. The summed E-state index contributed by atoms with van der Waals surface area (Å²) in [5.41, 5.74) is 8.02. The van der Waals surface area contributed by atoms with E-state index in [9.17, 15) is 9.59 Å². The van der Waals surface area contributed by atoms with Gasteiger partial charge in [0.15, 0.2) is 0 Å². The molecule has 7 nitrogen and oxygen atoms in total. The van der Waals surface area contributed by atoms with Gasteiger partial charge >= 0.3 is 0 Å². The number of thiophene rings is 1. The monoisotopic (exact) mass is 398 g/mol. The van der Waals surface area contributed by atoms with Crippen LogP contribution in [0.4, 0.5) is 11.4 Å². The highest BCUT2D eigenvalue weighted by molar-refractivity contribution is 7.18. The minimum Gasteiger partial charge on any atom is -0.495 e. The van der Waals surface area contributed by atoms with Gasteiger partial charge in [0.25, 0.3) is 5.56 Å². The molecule has 0 bridgehead atoms. The van der Waals surface area contributed by atoms with Crippen LogP contribution in [0.25, 0.3) is 10.2 Å². The van der Waals surface area contributed by atoms with E-state index in [4.69, 9.17) is 10.5 Å². The Morgan fingerprint density at radius 1 is 1.36 bits per heavy atom. The van der Waals surface area contributed by atoms with Crippen molar-refractivity contribution in [2.24, 2.45) is 0 Å². The van der Waals surface area contributed by atoms with Gasteiger partial charge in [-0.05, 0) is 49.4 Å². The molecule has 3 aromatic rings. The smallest absolute Gasteiger partial charge is 0.262 e. The number of carbonyl (C=O) groups excluding carboxylic acids is 1. The molecule has 2 heterocycles. The van der Waals surface area contributed by atoms with Crippen molar-refractivity contribution in [3.8, 4) is 5.75 Å². The zero-order chi connectivity index (χ0) is 19.7. The summed E-state index contributed by atoms with van der Waals surface area (Å²) in [5, 5.41) is 3.54. The predicted octanol–water partition coefficient (Wildman–Crippen LogP) is 2.96. The number of amides is 1. The average Bonchev–Trinajstić information content (AvgIpc) is 3.07. The largest absolute Gasteiger partial charge is 0.495 e. The van der Waals surface area contributed by atoms with Crippen LogP contribution in [-0.4, -0.2) is 22.6 Å². The third kappa shape index (κ3) is 3.47. The van der Waals surface area contributed by atoms with E-state index in [-0.39, 0.29) is 24.4 Å². The van der Waals surface area contributed by atoms with Crippen LogP contribution in [-0.2, 0) is 24.2 Å². The number of anilines is 2. The van der Waals surface area contributed by atoms with Gasteiger partial charge < -0.3 is 15.8 Å². The second-order valence-electron chi connectivity index (χ2n) is 6.89. The number of nitrogens with two attached hydrogens (primary N) is 1. The molecule has 0 aliphatic heterocycles. The van der Waals surface area contributed by atoms with E-state index in [1.165, 1.54) is 23.0 Å². The van der Waals surface area contributed by atoms with Crippen LogP contribution in [0.2, 0.25) is 0 Å². The standard InChI is InChI=1S/C20H22N4O3S/c1-27-15-7-6-12(10-14(15)21)23-17(25)8-9-24-11-22-19-18(20(24)26)13-4-2-3-5-16(13)28-19/h6-7,10-11H,2-5,8-9,21H2,1H3,(H,23,25). The van der Waals surface area contributed by atoms with Gasteiger partial charge in [0.1, 0.15) is 10.6 Å². The molecule has 0 spiro atoms. The van der Waals surface area contributed by atoms with Crippen LogP contribution in [0.5, 0.6) is 5.75 Å². The molecule has 0 saturated heterocycles. The molecule has 0 saturated carbocycles. The molecule has 146 valence electrons. The fourth-order valence-electron chi connectivity index (χ4n) is 3.60. The Labute approximate surface area is 166 Å². The molecular weight excluding hydrogens is 376 g/mol. The minimum atomic E-state index is -0.191. The summed E-state index contributed by atoms with van der Waals surface area (Å²) < 4.78 is 6.64. The number of methoxy groups -OCH3 is 1. The number of nitrogen functional groups attached to an aromatic ring is 1. The van der Waals surface area contributed by atoms with E-state index in [1.54, 1.807) is 35.9 Å². The zero-order valence-electron chi connectivity index (χ0n) is 15.7. The fourth-order valence-corrected chi connectivity index (χ4v) is 4.82. The van der Waals surface area contributed by atoms with Gasteiger partial charge in [0.05, 0.1) is 24.5 Å². The third-order valence-electron chi connectivity index (χ3n) is 5.04. The summed E-state index contributed by atoms with van der Waals surface area (Å²) in [4.78, 5) is 31.8. The van der Waals surface area contributed by atoms with Crippen LogP contribution in [0.15, 0.2) is 29.3 Å². The van der Waals surface area contributed by atoms with Gasteiger partial charge in [0.2, 0.25) is 5.91 Å². The summed E-state index contributed by atoms with van der Waals surface area (Å²) in [7, 11) is 1.54. The third-order valence-corrected chi connectivity index (χ3v) is 6.23. The van der Waals surface area contributed by atoms with E-state index in [0.717, 1.165) is 35.0 Å². The summed E-state index contributed by atoms with van der Waals surface area (Å²) >= 11 is 1.63. The van der Waals surface area contributed by atoms with Gasteiger partial charge in [-0.15, -0.1) is 11.3 Å². The Balaban J connectivity index is 1.48. The maximum atomic E-state index is 12.9. The van der Waals surface area contributed by atoms with Crippen molar-refractivity contribution in [3.63, 3.8) is 0 Å². The van der Waals surface area contributed by atoms with Crippen molar-refractivity contribution >= 4 is 38.8 Å². The first kappa shape index (κ1) is 18.5. The number of benzene rings is 1. The van der Waals surface area contributed by atoms with E-state index >= 15 is 0 Å². The Morgan fingerprint density at radius 2 is 2.18 bits per heavy atom. The number of nitrogens with zero attached hydrogens (tertiary/aromatic N) is 2. The highest BCUT2D eigenvalue weighted by Gasteiger charge is 2.20. The van der Waals surface area contributed by atoms with Crippen LogP contribution in [0, 0.1) is 0 Å². The highest BCUT2D eigenvalue weighted by atomic mass is 32.1. The lowest BCUT2D eigenvalue weighted by atomic mass is 9.97. The van der Waals surface area contributed by atoms with Gasteiger partial charge in [0, 0.05) is 23.5 Å². The number of rotatable bonds is 5. The Kier molecular flexibility index (Phi) is 5.04. The fraction of sp³-hybridized carbons (Fsp3) is 0.350. The summed E-state index contributed by atoms with van der Waals surface area (Å²) in [6.07, 6.45) is 5.97. The summed E-state index contributed by atoms with van der Waals surface area (Å²) in [5.74, 6) is 0.368. The van der Waals surface area contributed by atoms with E-state index < -0.39 is 0 Å². The molecule has 1 aromatic carbocycles. The number of fused-ring (bicyclic) bond motifs is 3. The first-order valence-electron chi connectivity index (χ1n) is 9.30. The second kappa shape index (κ2) is 7.63. The number of carbonyl (C=O) groups is 1. The molecule has 28 heavy (non-hydrogen) atoms. The number of hydrogen-bond acceptors (Lipinski definition) is 6. The number of nitrogens with one attached hydrogen (secondary N) is 1. The molecule has 3 N–H and O–H groups in total. The van der Waals surface area contributed by atoms with Crippen LogP contribution in [0.1, 0.15) is 29.7 Å². The van der Waals surface area contributed by atoms with Gasteiger partial charge in [-0.25, -0.2) is 4.98 Å². The topological polar surface area (TPSA) is 99.2 Å². The van der Waals surface area contributed by atoms with Gasteiger partial charge in [-0.2, -0.15) is 0 Å². The lowest BCUT2D eigenvalue weighted by Gasteiger charge is -2.11. The molecular formula is C20H22N4O3S. The first-order valence-corrected chi connectivity index (χ1v) is 10.1. The molecule has 2 aromatic heterocycles. The first-order chi connectivity index (χ1) is 13.6. The molecule has 4 rings (SSSR count). The Morgan fingerprint density at radius 3 is 2.96 bits per heavy atom.